The maximum Gasteiger partial charge on any atom is 0.310 e. The molecule has 16 heavy (non-hydrogen) atoms. The van der Waals surface area contributed by atoms with Gasteiger partial charge < -0.3 is 4.74 Å². The predicted molar refractivity (Wildman–Crippen MR) is 64.5 cm³/mol. The van der Waals surface area contributed by atoms with E-state index < -0.39 is 0 Å². The van der Waals surface area contributed by atoms with E-state index in [1.54, 1.807) is 6.92 Å². The van der Waals surface area contributed by atoms with Crippen molar-refractivity contribution in [1.29, 1.82) is 0 Å². The number of carbonyl (C=O) groups is 2. The van der Waals surface area contributed by atoms with Crippen molar-refractivity contribution in [2.24, 2.45) is 0 Å². The third-order valence-corrected chi connectivity index (χ3v) is 2.16. The number of esters is 1. The molecule has 0 aliphatic heterocycles. The van der Waals surface area contributed by atoms with E-state index in [2.05, 4.69) is 12.6 Å². The fourth-order valence-corrected chi connectivity index (χ4v) is 1.59. The number of benzene rings is 1. The zero-order valence-electron chi connectivity index (χ0n) is 9.10. The van der Waals surface area contributed by atoms with Crippen molar-refractivity contribution < 1.29 is 14.3 Å². The molecule has 86 valence electrons. The summed E-state index contributed by atoms with van der Waals surface area (Å²) in [7, 11) is 0. The van der Waals surface area contributed by atoms with E-state index >= 15 is 0 Å². The Hall–Kier alpha value is -1.29. The summed E-state index contributed by atoms with van der Waals surface area (Å²) >= 11 is 3.72. The van der Waals surface area contributed by atoms with Crippen LogP contribution in [0.25, 0.3) is 0 Å². The number of carbonyl (C=O) groups excluding carboxylic acids is 2. The minimum Gasteiger partial charge on any atom is -0.466 e. The van der Waals surface area contributed by atoms with Gasteiger partial charge in [0, 0.05) is 6.42 Å². The number of thiol groups is 1. The largest absolute Gasteiger partial charge is 0.466 e. The highest BCUT2D eigenvalue weighted by Crippen LogP contribution is 2.08. The molecule has 0 aliphatic rings. The first kappa shape index (κ1) is 12.8. The van der Waals surface area contributed by atoms with Crippen LogP contribution >= 0.6 is 12.6 Å². The van der Waals surface area contributed by atoms with Crippen molar-refractivity contribution in [1.82, 2.24) is 0 Å². The van der Waals surface area contributed by atoms with Gasteiger partial charge in [0.15, 0.2) is 5.12 Å². The highest BCUT2D eigenvalue weighted by molar-refractivity contribution is 7.96. The van der Waals surface area contributed by atoms with E-state index in [1.165, 1.54) is 0 Å². The lowest BCUT2D eigenvalue weighted by Crippen LogP contribution is -2.07. The molecule has 0 unspecified atom stereocenters. The lowest BCUT2D eigenvalue weighted by Gasteiger charge is -2.04. The van der Waals surface area contributed by atoms with Gasteiger partial charge >= 0.3 is 5.97 Å². The Morgan fingerprint density at radius 2 is 1.88 bits per heavy atom. The molecule has 0 saturated heterocycles. The lowest BCUT2D eigenvalue weighted by molar-refractivity contribution is -0.142. The van der Waals surface area contributed by atoms with Gasteiger partial charge in [-0.3, -0.25) is 9.59 Å². The van der Waals surface area contributed by atoms with Gasteiger partial charge in [-0.05, 0) is 18.1 Å². The Morgan fingerprint density at radius 1 is 1.25 bits per heavy atom. The van der Waals surface area contributed by atoms with Crippen LogP contribution in [0.3, 0.4) is 0 Å². The highest BCUT2D eigenvalue weighted by atomic mass is 32.1. The highest BCUT2D eigenvalue weighted by Gasteiger charge is 2.05. The van der Waals surface area contributed by atoms with E-state index in [0.717, 1.165) is 11.1 Å². The summed E-state index contributed by atoms with van der Waals surface area (Å²) in [5.41, 5.74) is 1.72. The van der Waals surface area contributed by atoms with Crippen LogP contribution in [0.5, 0.6) is 0 Å². The molecule has 1 aromatic rings. The molecular formula is C12H14O3S. The van der Waals surface area contributed by atoms with Gasteiger partial charge in [0.1, 0.15) is 0 Å². The minimum atomic E-state index is -0.253. The first-order valence-electron chi connectivity index (χ1n) is 5.07. The Labute approximate surface area is 100 Å². The zero-order chi connectivity index (χ0) is 12.0. The molecule has 0 radical (unpaired) electrons. The van der Waals surface area contributed by atoms with E-state index in [-0.39, 0.29) is 23.9 Å². The summed E-state index contributed by atoms with van der Waals surface area (Å²) in [6, 6.07) is 7.32. The Balaban J connectivity index is 2.67. The van der Waals surface area contributed by atoms with Crippen molar-refractivity contribution in [2.75, 3.05) is 6.61 Å². The summed E-state index contributed by atoms with van der Waals surface area (Å²) in [6.07, 6.45) is 0.516. The van der Waals surface area contributed by atoms with Gasteiger partial charge in [-0.15, -0.1) is 12.6 Å². The van der Waals surface area contributed by atoms with Crippen molar-refractivity contribution >= 4 is 23.7 Å². The van der Waals surface area contributed by atoms with Crippen molar-refractivity contribution in [3.8, 4) is 0 Å². The standard InChI is InChI=1S/C12H14O3S/c1-2-15-11(13)7-9-4-3-5-10(6-9)8-12(14)16/h3-6H,2,7-8H2,1H3,(H,14,16). The van der Waals surface area contributed by atoms with E-state index in [1.807, 2.05) is 24.3 Å². The lowest BCUT2D eigenvalue weighted by atomic mass is 10.1. The average molecular weight is 238 g/mol. The molecule has 0 spiro atoms. The summed E-state index contributed by atoms with van der Waals surface area (Å²) in [6.45, 7) is 2.15. The quantitative estimate of drug-likeness (QED) is 0.628. The van der Waals surface area contributed by atoms with Gasteiger partial charge in [-0.2, -0.15) is 0 Å². The number of hydrogen-bond acceptors (Lipinski definition) is 3. The molecular weight excluding hydrogens is 224 g/mol. The molecule has 1 aromatic carbocycles. The molecule has 0 aliphatic carbocycles. The van der Waals surface area contributed by atoms with Crippen LogP contribution in [0.15, 0.2) is 24.3 Å². The molecule has 3 nitrogen and oxygen atoms in total. The fourth-order valence-electron chi connectivity index (χ4n) is 1.40. The predicted octanol–water partition coefficient (Wildman–Crippen LogP) is 1.79. The fraction of sp³-hybridized carbons (Fsp3) is 0.333. The summed E-state index contributed by atoms with van der Waals surface area (Å²) in [4.78, 5) is 22.1. The van der Waals surface area contributed by atoms with Crippen LogP contribution in [0.2, 0.25) is 0 Å². The van der Waals surface area contributed by atoms with Gasteiger partial charge in [-0.1, -0.05) is 24.3 Å². The topological polar surface area (TPSA) is 43.4 Å². The maximum absolute atomic E-state index is 11.2. The molecule has 0 saturated carbocycles. The molecule has 0 aromatic heterocycles. The van der Waals surface area contributed by atoms with Crippen LogP contribution in [-0.2, 0) is 27.2 Å². The molecule has 1 rings (SSSR count). The van der Waals surface area contributed by atoms with E-state index in [9.17, 15) is 9.59 Å². The van der Waals surface area contributed by atoms with Crippen molar-refractivity contribution in [3.63, 3.8) is 0 Å². The van der Waals surface area contributed by atoms with Gasteiger partial charge in [0.25, 0.3) is 0 Å². The molecule has 0 bridgehead atoms. The number of rotatable bonds is 5. The van der Waals surface area contributed by atoms with E-state index in [0.29, 0.717) is 6.61 Å². The molecule has 0 amide bonds. The van der Waals surface area contributed by atoms with Crippen molar-refractivity contribution in [2.45, 2.75) is 19.8 Å². The van der Waals surface area contributed by atoms with Crippen molar-refractivity contribution in [3.05, 3.63) is 35.4 Å². The molecule has 4 heteroatoms. The summed E-state index contributed by atoms with van der Waals surface area (Å²) < 4.78 is 4.85. The molecule has 0 heterocycles. The Bertz CT molecular complexity index is 388. The van der Waals surface area contributed by atoms with Crippen LogP contribution < -0.4 is 0 Å². The third-order valence-electron chi connectivity index (χ3n) is 2.00. The van der Waals surface area contributed by atoms with E-state index in [4.69, 9.17) is 4.74 Å². The smallest absolute Gasteiger partial charge is 0.310 e. The number of hydrogen-bond donors (Lipinski definition) is 1. The van der Waals surface area contributed by atoms with Gasteiger partial charge in [0.2, 0.25) is 0 Å². The minimum absolute atomic E-state index is 0.187. The van der Waals surface area contributed by atoms with Gasteiger partial charge in [0.05, 0.1) is 13.0 Å². The maximum atomic E-state index is 11.2. The van der Waals surface area contributed by atoms with Crippen LogP contribution in [-0.4, -0.2) is 17.7 Å². The average Bonchev–Trinajstić information content (AvgIpc) is 2.17. The van der Waals surface area contributed by atoms with Crippen LogP contribution in [0, 0.1) is 0 Å². The first-order chi connectivity index (χ1) is 7.61. The zero-order valence-corrected chi connectivity index (χ0v) is 10.00. The third kappa shape index (κ3) is 4.49. The monoisotopic (exact) mass is 238 g/mol. The van der Waals surface area contributed by atoms with Gasteiger partial charge in [-0.25, -0.2) is 0 Å². The second-order valence-corrected chi connectivity index (χ2v) is 3.87. The number of ether oxygens (including phenoxy) is 1. The Kier molecular flexibility index (Phi) is 5.05. The summed E-state index contributed by atoms with van der Waals surface area (Å²) in [5, 5.41) is -0.187. The molecule has 0 atom stereocenters. The molecule has 0 fully saturated rings. The molecule has 0 N–H and O–H groups in total. The Morgan fingerprint density at radius 3 is 2.44 bits per heavy atom. The second-order valence-electron chi connectivity index (χ2n) is 3.37. The normalized spacial score (nSPS) is 9.88. The second kappa shape index (κ2) is 6.33. The van der Waals surface area contributed by atoms with Crippen LogP contribution in [0.4, 0.5) is 0 Å². The van der Waals surface area contributed by atoms with Crippen LogP contribution in [0.1, 0.15) is 18.1 Å². The summed E-state index contributed by atoms with van der Waals surface area (Å²) in [5.74, 6) is -0.253. The first-order valence-corrected chi connectivity index (χ1v) is 5.51. The SMILES string of the molecule is CCOC(=O)Cc1cccc(CC(=O)S)c1.